The minimum atomic E-state index is -1.01. The van der Waals surface area contributed by atoms with Gasteiger partial charge in [-0.3, -0.25) is 0 Å². The molecule has 0 aliphatic carbocycles. The molecule has 0 heterocycles. The second-order valence-electron chi connectivity index (χ2n) is 3.96. The Morgan fingerprint density at radius 1 is 0.636 bits per heavy atom. The van der Waals surface area contributed by atoms with E-state index in [1.807, 2.05) is 0 Å². The Morgan fingerprint density at radius 2 is 0.818 bits per heavy atom. The van der Waals surface area contributed by atoms with Crippen LogP contribution in [0.3, 0.4) is 0 Å². The van der Waals surface area contributed by atoms with Gasteiger partial charge in [-0.2, -0.15) is 0 Å². The van der Waals surface area contributed by atoms with Crippen LogP contribution >= 0.6 is 0 Å². The van der Waals surface area contributed by atoms with Crippen molar-refractivity contribution in [3.63, 3.8) is 0 Å². The molecule has 0 aliphatic rings. The summed E-state index contributed by atoms with van der Waals surface area (Å²) in [4.78, 5) is 0. The van der Waals surface area contributed by atoms with Gasteiger partial charge < -0.3 is 12.4 Å². The van der Waals surface area contributed by atoms with Gasteiger partial charge in [0.15, 0.2) is 0 Å². The van der Waals surface area contributed by atoms with Crippen LogP contribution in [0.15, 0.2) is 0 Å². The van der Waals surface area contributed by atoms with Crippen LogP contribution in [0.5, 0.6) is 0 Å². The minimum Gasteiger partial charge on any atom is -1.00 e. The van der Waals surface area contributed by atoms with E-state index in [2.05, 4.69) is 41.5 Å². The van der Waals surface area contributed by atoms with Crippen LogP contribution in [0, 0.1) is 0 Å². The van der Waals surface area contributed by atoms with E-state index in [0.717, 1.165) is 11.8 Å². The first-order valence-electron chi connectivity index (χ1n) is 4.33. The Labute approximate surface area is 85.3 Å². The average molecular weight is 283 g/mol. The van der Waals surface area contributed by atoms with E-state index in [0.29, 0.717) is 0 Å². The number of halogens is 1. The number of hydrogen-bond acceptors (Lipinski definition) is 0. The Hall–Kier alpha value is 1.09. The largest absolute Gasteiger partial charge is 1.00 e. The molecule has 0 radical (unpaired) electrons. The van der Waals surface area contributed by atoms with Crippen LogP contribution in [0.2, 0.25) is 11.8 Å². The van der Waals surface area contributed by atoms with Gasteiger partial charge in [0, 0.05) is 0 Å². The molecule has 0 bridgehead atoms. The first-order valence-corrected chi connectivity index (χ1v) is 9.27. The second-order valence-corrected chi connectivity index (χ2v) is 16.7. The van der Waals surface area contributed by atoms with E-state index in [-0.39, 0.29) is 12.4 Å². The molecule has 2 heteroatoms. The molecule has 0 atom stereocenters. The molecule has 0 rings (SSSR count). The first-order chi connectivity index (χ1) is 4.46. The number of hydrogen-bond donors (Lipinski definition) is 0. The van der Waals surface area contributed by atoms with Crippen molar-refractivity contribution in [1.29, 1.82) is 0 Å². The fraction of sp³-hybridized carbons (Fsp3) is 1.00. The second kappa shape index (κ2) is 6.59. The Morgan fingerprint density at radius 3 is 0.818 bits per heavy atom. The summed E-state index contributed by atoms with van der Waals surface area (Å²) in [5.41, 5.74) is 0. The molecule has 0 aromatic carbocycles. The van der Waals surface area contributed by atoms with Crippen molar-refractivity contribution in [1.82, 2.24) is 0 Å². The molecule has 68 valence electrons. The van der Waals surface area contributed by atoms with Gasteiger partial charge in [0.1, 0.15) is 0 Å². The van der Waals surface area contributed by atoms with Crippen LogP contribution in [-0.2, 0) is 0 Å². The molecular formula is C9H21ClSn. The summed E-state index contributed by atoms with van der Waals surface area (Å²) < 4.78 is 3.09. The molecule has 11 heavy (non-hydrogen) atoms. The fourth-order valence-corrected chi connectivity index (χ4v) is 13.4. The Kier molecular flexibility index (Phi) is 8.75. The molecule has 0 aromatic heterocycles. The van der Waals surface area contributed by atoms with Crippen molar-refractivity contribution in [3.8, 4) is 0 Å². The molecule has 0 amide bonds. The van der Waals surface area contributed by atoms with Crippen LogP contribution in [0.1, 0.15) is 41.5 Å². The SMILES string of the molecule is C[CH](C)[Sn+]([CH](C)C)[CH](C)C.[Cl-]. The molecule has 0 fully saturated rings. The van der Waals surface area contributed by atoms with Crippen molar-refractivity contribution >= 4 is 19.8 Å². The van der Waals surface area contributed by atoms with E-state index in [1.165, 1.54) is 0 Å². The van der Waals surface area contributed by atoms with Gasteiger partial charge in [0.05, 0.1) is 0 Å². The summed E-state index contributed by atoms with van der Waals surface area (Å²) in [6.45, 7) is 14.5. The molecule has 0 saturated carbocycles. The van der Waals surface area contributed by atoms with E-state index < -0.39 is 19.8 Å². The van der Waals surface area contributed by atoms with E-state index in [4.69, 9.17) is 0 Å². The monoisotopic (exact) mass is 284 g/mol. The smallest absolute Gasteiger partial charge is 1.00 e. The van der Waals surface area contributed by atoms with Crippen LogP contribution < -0.4 is 12.4 Å². The summed E-state index contributed by atoms with van der Waals surface area (Å²) >= 11 is -1.01. The number of rotatable bonds is 3. The van der Waals surface area contributed by atoms with Gasteiger partial charge in [0.25, 0.3) is 0 Å². The van der Waals surface area contributed by atoms with Gasteiger partial charge in [-0.1, -0.05) is 0 Å². The quantitative estimate of drug-likeness (QED) is 0.670. The predicted octanol–water partition coefficient (Wildman–Crippen LogP) is 0.715. The maximum Gasteiger partial charge on any atom is -1.00 e. The molecule has 0 N–H and O–H groups in total. The van der Waals surface area contributed by atoms with Crippen molar-refractivity contribution in [2.45, 2.75) is 53.3 Å². The zero-order valence-corrected chi connectivity index (χ0v) is 12.2. The van der Waals surface area contributed by atoms with Crippen LogP contribution in [0.25, 0.3) is 0 Å². The third kappa shape index (κ3) is 5.35. The van der Waals surface area contributed by atoms with Gasteiger partial charge in [-0.05, 0) is 0 Å². The van der Waals surface area contributed by atoms with E-state index >= 15 is 0 Å². The maximum atomic E-state index is 2.41. The van der Waals surface area contributed by atoms with Gasteiger partial charge >= 0.3 is 73.1 Å². The standard InChI is InChI=1S/3C3H7.ClH.Sn/c3*1-3-2;;/h3*3H,1-2H3;1H;/q;;;;+1/p-1. The molecule has 0 aliphatic heterocycles. The van der Waals surface area contributed by atoms with Crippen molar-refractivity contribution in [2.75, 3.05) is 0 Å². The van der Waals surface area contributed by atoms with Crippen molar-refractivity contribution in [2.24, 2.45) is 0 Å². The summed E-state index contributed by atoms with van der Waals surface area (Å²) in [6, 6.07) is 0. The zero-order chi connectivity index (χ0) is 8.31. The molecule has 0 aromatic rings. The van der Waals surface area contributed by atoms with E-state index in [9.17, 15) is 0 Å². The van der Waals surface area contributed by atoms with Crippen LogP contribution in [0.4, 0.5) is 0 Å². The normalized spacial score (nSPS) is 10.6. The van der Waals surface area contributed by atoms with Crippen molar-refractivity contribution in [3.05, 3.63) is 0 Å². The Bertz CT molecular complexity index is 70.5. The summed E-state index contributed by atoms with van der Waals surface area (Å²) in [5, 5.41) is 0. The Balaban J connectivity index is 0. The summed E-state index contributed by atoms with van der Waals surface area (Å²) in [5.74, 6) is 0. The minimum absolute atomic E-state index is 0. The van der Waals surface area contributed by atoms with Gasteiger partial charge in [0.2, 0.25) is 0 Å². The maximum absolute atomic E-state index is 2.41. The summed E-state index contributed by atoms with van der Waals surface area (Å²) in [7, 11) is 0. The van der Waals surface area contributed by atoms with Crippen LogP contribution in [-0.4, -0.2) is 19.8 Å². The van der Waals surface area contributed by atoms with E-state index in [1.54, 1.807) is 0 Å². The fourth-order valence-electron chi connectivity index (χ4n) is 2.00. The molecule has 0 nitrogen and oxygen atoms in total. The molecule has 0 spiro atoms. The third-order valence-corrected chi connectivity index (χ3v) is 13.4. The summed E-state index contributed by atoms with van der Waals surface area (Å²) in [6.07, 6.45) is 0. The first kappa shape index (κ1) is 14.6. The third-order valence-electron chi connectivity index (χ3n) is 2.00. The average Bonchev–Trinajstić information content (AvgIpc) is 1.59. The van der Waals surface area contributed by atoms with Crippen molar-refractivity contribution < 1.29 is 12.4 Å². The molecular weight excluding hydrogens is 262 g/mol. The molecule has 0 unspecified atom stereocenters. The predicted molar refractivity (Wildman–Crippen MR) is 51.0 cm³/mol. The van der Waals surface area contributed by atoms with Gasteiger partial charge in [-0.25, -0.2) is 0 Å². The molecule has 0 saturated heterocycles. The topological polar surface area (TPSA) is 0 Å². The zero-order valence-electron chi connectivity index (χ0n) is 8.61. The van der Waals surface area contributed by atoms with Gasteiger partial charge in [-0.15, -0.1) is 0 Å².